The molecule has 0 atom stereocenters. The van der Waals surface area contributed by atoms with Gasteiger partial charge in [-0.15, -0.1) is 0 Å². The molecule has 0 bridgehead atoms. The SMILES string of the molecule is CC(C)OS(=O)(=O)c1cc([N+]#N)c(O)c2ccccc12. The van der Waals surface area contributed by atoms with Gasteiger partial charge in [-0.2, -0.15) is 8.42 Å². The van der Waals surface area contributed by atoms with Crippen molar-refractivity contribution in [3.8, 4) is 5.75 Å². The number of benzene rings is 2. The fraction of sp³-hybridized carbons (Fsp3) is 0.231. The minimum atomic E-state index is -4.02. The quantitative estimate of drug-likeness (QED) is 0.693. The van der Waals surface area contributed by atoms with E-state index in [0.29, 0.717) is 5.39 Å². The Bertz CT molecular complexity index is 807. The number of aromatic hydroxyl groups is 1. The highest BCUT2D eigenvalue weighted by atomic mass is 32.2. The van der Waals surface area contributed by atoms with Crippen molar-refractivity contribution >= 4 is 26.6 Å². The molecule has 0 aliphatic rings. The van der Waals surface area contributed by atoms with E-state index in [1.165, 1.54) is 6.07 Å². The fourth-order valence-electron chi connectivity index (χ4n) is 1.90. The fourth-order valence-corrected chi connectivity index (χ4v) is 3.21. The van der Waals surface area contributed by atoms with Crippen LogP contribution in [0.25, 0.3) is 15.7 Å². The van der Waals surface area contributed by atoms with Crippen molar-refractivity contribution in [2.45, 2.75) is 24.8 Å². The first-order chi connectivity index (χ1) is 9.36. The van der Waals surface area contributed by atoms with Crippen LogP contribution < -0.4 is 0 Å². The monoisotopic (exact) mass is 293 g/mol. The smallest absolute Gasteiger partial charge is 0.428 e. The molecule has 2 aromatic rings. The lowest BCUT2D eigenvalue weighted by molar-refractivity contribution is 0.249. The molecular formula is C13H13N2O4S+. The van der Waals surface area contributed by atoms with Gasteiger partial charge in [0.15, 0.2) is 4.98 Å². The maximum absolute atomic E-state index is 12.2. The van der Waals surface area contributed by atoms with Gasteiger partial charge in [0.05, 0.1) is 12.2 Å². The molecule has 0 unspecified atom stereocenters. The van der Waals surface area contributed by atoms with Crippen LogP contribution >= 0.6 is 0 Å². The average molecular weight is 293 g/mol. The molecule has 0 radical (unpaired) electrons. The van der Waals surface area contributed by atoms with Crippen LogP contribution in [0.1, 0.15) is 13.8 Å². The Balaban J connectivity index is 2.84. The van der Waals surface area contributed by atoms with Gasteiger partial charge < -0.3 is 5.11 Å². The summed E-state index contributed by atoms with van der Waals surface area (Å²) in [6.07, 6.45) is -0.526. The highest BCUT2D eigenvalue weighted by molar-refractivity contribution is 7.87. The third-order valence-electron chi connectivity index (χ3n) is 2.65. The standard InChI is InChI=1S/C13H12N2O4S/c1-8(2)19-20(17,18)12-7-11(15-14)13(16)10-6-4-3-5-9(10)12/h3-8H,1-2H3/p+1. The molecule has 0 fully saturated rings. The van der Waals surface area contributed by atoms with Crippen LogP contribution in [-0.2, 0) is 14.3 Å². The Labute approximate surface area is 116 Å². The number of phenols is 1. The van der Waals surface area contributed by atoms with Crippen molar-refractivity contribution in [3.63, 3.8) is 0 Å². The minimum Gasteiger partial charge on any atom is -0.501 e. The van der Waals surface area contributed by atoms with E-state index in [2.05, 4.69) is 4.98 Å². The van der Waals surface area contributed by atoms with E-state index in [-0.39, 0.29) is 21.7 Å². The molecule has 0 saturated heterocycles. The van der Waals surface area contributed by atoms with Crippen molar-refractivity contribution in [2.75, 3.05) is 0 Å². The lowest BCUT2D eigenvalue weighted by Gasteiger charge is -2.10. The third-order valence-corrected chi connectivity index (χ3v) is 4.17. The molecule has 0 spiro atoms. The average Bonchev–Trinajstić information content (AvgIpc) is 2.37. The zero-order valence-electron chi connectivity index (χ0n) is 10.9. The van der Waals surface area contributed by atoms with Gasteiger partial charge in [-0.1, -0.05) is 24.3 Å². The summed E-state index contributed by atoms with van der Waals surface area (Å²) in [4.78, 5) is 2.76. The summed E-state index contributed by atoms with van der Waals surface area (Å²) in [5.41, 5.74) is -0.227. The lowest BCUT2D eigenvalue weighted by Crippen LogP contribution is -2.12. The topological polar surface area (TPSA) is 91.8 Å². The molecule has 0 aliphatic heterocycles. The summed E-state index contributed by atoms with van der Waals surface area (Å²) >= 11 is 0. The highest BCUT2D eigenvalue weighted by Gasteiger charge is 2.27. The first-order valence-electron chi connectivity index (χ1n) is 5.90. The summed E-state index contributed by atoms with van der Waals surface area (Å²) < 4.78 is 29.4. The molecular weight excluding hydrogens is 280 g/mol. The molecule has 0 amide bonds. The van der Waals surface area contributed by atoms with E-state index in [0.717, 1.165) is 6.07 Å². The Kier molecular flexibility index (Phi) is 3.61. The van der Waals surface area contributed by atoms with Gasteiger partial charge in [0, 0.05) is 10.8 Å². The van der Waals surface area contributed by atoms with Gasteiger partial charge in [0.2, 0.25) is 11.1 Å². The molecule has 20 heavy (non-hydrogen) atoms. The highest BCUT2D eigenvalue weighted by Crippen LogP contribution is 2.39. The molecule has 104 valence electrons. The Hall–Kier alpha value is -2.17. The van der Waals surface area contributed by atoms with Crippen LogP contribution in [0.4, 0.5) is 5.69 Å². The maximum Gasteiger partial charge on any atom is 0.428 e. The van der Waals surface area contributed by atoms with Crippen LogP contribution in [0, 0.1) is 5.39 Å². The Morgan fingerprint density at radius 1 is 1.25 bits per heavy atom. The van der Waals surface area contributed by atoms with Crippen molar-refractivity contribution in [2.24, 2.45) is 0 Å². The zero-order valence-corrected chi connectivity index (χ0v) is 11.8. The van der Waals surface area contributed by atoms with E-state index in [9.17, 15) is 13.5 Å². The summed E-state index contributed by atoms with van der Waals surface area (Å²) in [5.74, 6) is -0.286. The Morgan fingerprint density at radius 3 is 2.40 bits per heavy atom. The number of diazo groups is 1. The molecule has 0 aliphatic carbocycles. The van der Waals surface area contributed by atoms with Gasteiger partial charge in [-0.25, -0.2) is 0 Å². The summed E-state index contributed by atoms with van der Waals surface area (Å²) in [7, 11) is -4.02. The number of rotatable bonds is 3. The molecule has 0 heterocycles. The molecule has 6 nitrogen and oxygen atoms in total. The predicted octanol–water partition coefficient (Wildman–Crippen LogP) is 3.14. The molecule has 0 aromatic heterocycles. The molecule has 7 heteroatoms. The number of fused-ring (bicyclic) bond motifs is 1. The molecule has 1 N–H and O–H groups in total. The van der Waals surface area contributed by atoms with Crippen LogP contribution in [0.3, 0.4) is 0 Å². The minimum absolute atomic E-state index is 0.146. The normalized spacial score (nSPS) is 11.7. The number of nitrogens with zero attached hydrogens (tertiary/aromatic N) is 2. The van der Waals surface area contributed by atoms with E-state index in [4.69, 9.17) is 9.58 Å². The second-order valence-electron chi connectivity index (χ2n) is 4.49. The number of hydrogen-bond donors (Lipinski definition) is 1. The van der Waals surface area contributed by atoms with Crippen LogP contribution in [0.15, 0.2) is 35.2 Å². The van der Waals surface area contributed by atoms with Gasteiger partial charge in [-0.05, 0) is 13.8 Å². The summed E-state index contributed by atoms with van der Waals surface area (Å²) in [6.45, 7) is 3.19. The second-order valence-corrected chi connectivity index (χ2v) is 6.03. The third kappa shape index (κ3) is 2.43. The summed E-state index contributed by atoms with van der Waals surface area (Å²) in [5, 5.41) is 19.4. The Morgan fingerprint density at radius 2 is 1.85 bits per heavy atom. The first-order valence-corrected chi connectivity index (χ1v) is 7.30. The first kappa shape index (κ1) is 14.2. The van der Waals surface area contributed by atoms with Gasteiger partial charge in [0.1, 0.15) is 4.90 Å². The van der Waals surface area contributed by atoms with Gasteiger partial charge in [0.25, 0.3) is 10.1 Å². The zero-order chi connectivity index (χ0) is 14.9. The summed E-state index contributed by atoms with van der Waals surface area (Å²) in [6, 6.07) is 7.45. The largest absolute Gasteiger partial charge is 0.501 e. The van der Waals surface area contributed by atoms with Gasteiger partial charge in [-0.3, -0.25) is 4.18 Å². The lowest BCUT2D eigenvalue weighted by atomic mass is 10.1. The van der Waals surface area contributed by atoms with Crippen LogP contribution in [-0.4, -0.2) is 19.6 Å². The van der Waals surface area contributed by atoms with Crippen molar-refractivity contribution < 1.29 is 17.7 Å². The second kappa shape index (κ2) is 5.07. The van der Waals surface area contributed by atoms with Crippen molar-refractivity contribution in [1.29, 1.82) is 5.39 Å². The van der Waals surface area contributed by atoms with E-state index in [1.54, 1.807) is 32.0 Å². The van der Waals surface area contributed by atoms with E-state index >= 15 is 0 Å². The maximum atomic E-state index is 12.2. The van der Waals surface area contributed by atoms with Crippen molar-refractivity contribution in [1.82, 2.24) is 0 Å². The van der Waals surface area contributed by atoms with Crippen molar-refractivity contribution in [3.05, 3.63) is 35.3 Å². The number of phenolic OH excluding ortho intramolecular Hbond substituents is 1. The molecule has 0 saturated carbocycles. The van der Waals surface area contributed by atoms with Crippen LogP contribution in [0.5, 0.6) is 5.75 Å². The molecule has 2 aromatic carbocycles. The number of hydrogen-bond acceptors (Lipinski definition) is 5. The van der Waals surface area contributed by atoms with Crippen LogP contribution in [0.2, 0.25) is 0 Å². The molecule has 2 rings (SSSR count). The van der Waals surface area contributed by atoms with E-state index in [1.807, 2.05) is 0 Å². The van der Waals surface area contributed by atoms with E-state index < -0.39 is 16.2 Å². The van der Waals surface area contributed by atoms with Gasteiger partial charge >= 0.3 is 5.69 Å². The predicted molar refractivity (Wildman–Crippen MR) is 73.8 cm³/mol.